The second-order valence-corrected chi connectivity index (χ2v) is 7.62. The van der Waals surface area contributed by atoms with Crippen molar-refractivity contribution in [2.75, 3.05) is 5.32 Å². The van der Waals surface area contributed by atoms with Gasteiger partial charge in [-0.3, -0.25) is 14.8 Å². The van der Waals surface area contributed by atoms with E-state index in [1.54, 1.807) is 19.1 Å². The van der Waals surface area contributed by atoms with E-state index in [0.717, 1.165) is 23.5 Å². The molecule has 0 atom stereocenters. The van der Waals surface area contributed by atoms with E-state index in [1.165, 1.54) is 23.5 Å². The number of nitrogens with zero attached hydrogens (tertiary/aromatic N) is 4. The number of nitrogens with one attached hydrogen (secondary N) is 1. The maximum atomic E-state index is 13.8. The maximum absolute atomic E-state index is 13.8. The molecular weight excluding hydrogens is 421 g/mol. The van der Waals surface area contributed by atoms with Crippen LogP contribution in [0.5, 0.6) is 5.75 Å². The normalized spacial score (nSPS) is 11.0. The number of rotatable bonds is 7. The van der Waals surface area contributed by atoms with Gasteiger partial charge in [0.05, 0.1) is 17.0 Å². The molecule has 31 heavy (non-hydrogen) atoms. The van der Waals surface area contributed by atoms with Gasteiger partial charge in [-0.05, 0) is 32.9 Å². The zero-order chi connectivity index (χ0) is 22.0. The van der Waals surface area contributed by atoms with Crippen LogP contribution in [0.15, 0.2) is 40.4 Å². The highest BCUT2D eigenvalue weighted by molar-refractivity contribution is 7.14. The van der Waals surface area contributed by atoms with Gasteiger partial charge in [0.25, 0.3) is 5.91 Å². The third-order valence-corrected chi connectivity index (χ3v) is 5.44. The summed E-state index contributed by atoms with van der Waals surface area (Å²) in [5.74, 6) is -0.462. The van der Waals surface area contributed by atoms with Gasteiger partial charge in [0.1, 0.15) is 12.4 Å². The van der Waals surface area contributed by atoms with Gasteiger partial charge in [-0.2, -0.15) is 5.10 Å². The molecule has 3 aromatic heterocycles. The molecular formula is C21H20FN5O3S. The molecule has 1 aromatic carbocycles. The number of aryl methyl sites for hydroxylation is 3. The first-order valence-corrected chi connectivity index (χ1v) is 10.5. The number of halogens is 1. The van der Waals surface area contributed by atoms with Crippen LogP contribution in [0.25, 0.3) is 11.3 Å². The van der Waals surface area contributed by atoms with E-state index >= 15 is 0 Å². The minimum atomic E-state index is -0.486. The summed E-state index contributed by atoms with van der Waals surface area (Å²) < 4.78 is 26.3. The van der Waals surface area contributed by atoms with Gasteiger partial charge in [0.15, 0.2) is 22.4 Å². The molecule has 0 saturated heterocycles. The van der Waals surface area contributed by atoms with Crippen molar-refractivity contribution in [3.63, 3.8) is 0 Å². The number of benzene rings is 1. The second kappa shape index (κ2) is 8.68. The van der Waals surface area contributed by atoms with Crippen LogP contribution in [-0.2, 0) is 13.2 Å². The minimum Gasteiger partial charge on any atom is -0.486 e. The fourth-order valence-electron chi connectivity index (χ4n) is 2.99. The number of carbonyl (C=O) groups excluding carboxylic acids is 1. The Bertz CT molecular complexity index is 1230. The predicted octanol–water partition coefficient (Wildman–Crippen LogP) is 4.60. The van der Waals surface area contributed by atoms with E-state index in [2.05, 4.69) is 20.6 Å². The lowest BCUT2D eigenvalue weighted by atomic mass is 10.2. The molecule has 8 nitrogen and oxygen atoms in total. The summed E-state index contributed by atoms with van der Waals surface area (Å²) in [6.45, 7) is 6.30. The van der Waals surface area contributed by atoms with Gasteiger partial charge in [-0.15, -0.1) is 11.3 Å². The van der Waals surface area contributed by atoms with Gasteiger partial charge < -0.3 is 9.26 Å². The van der Waals surface area contributed by atoms with Gasteiger partial charge in [0.2, 0.25) is 0 Å². The van der Waals surface area contributed by atoms with Gasteiger partial charge in [0, 0.05) is 23.7 Å². The molecule has 0 unspecified atom stereocenters. The summed E-state index contributed by atoms with van der Waals surface area (Å²) >= 11 is 1.30. The Kier molecular flexibility index (Phi) is 5.81. The zero-order valence-corrected chi connectivity index (χ0v) is 18.0. The quantitative estimate of drug-likeness (QED) is 0.450. The molecule has 160 valence electrons. The Balaban J connectivity index is 1.49. The fraction of sp³-hybridized carbons (Fsp3) is 0.238. The Morgan fingerprint density at radius 2 is 2.13 bits per heavy atom. The van der Waals surface area contributed by atoms with E-state index < -0.39 is 11.7 Å². The van der Waals surface area contributed by atoms with E-state index in [1.807, 2.05) is 30.1 Å². The molecule has 3 heterocycles. The van der Waals surface area contributed by atoms with Crippen LogP contribution in [0.4, 0.5) is 9.52 Å². The summed E-state index contributed by atoms with van der Waals surface area (Å²) in [4.78, 5) is 17.3. The standard InChI is InChI=1S/C21H20FN5O3S/c1-4-27-9-14(12(2)25-27)17-11-31-21(23-17)24-20(28)19-15(13(3)30-26-19)10-29-18-8-6-5-7-16(18)22/h5-9,11H,4,10H2,1-3H3,(H,23,24,28). The number of amides is 1. The fourth-order valence-corrected chi connectivity index (χ4v) is 3.70. The monoisotopic (exact) mass is 441 g/mol. The van der Waals surface area contributed by atoms with Crippen LogP contribution in [0.3, 0.4) is 0 Å². The molecule has 0 bridgehead atoms. The summed E-state index contributed by atoms with van der Waals surface area (Å²) in [7, 11) is 0. The first kappa shape index (κ1) is 20.7. The van der Waals surface area contributed by atoms with Crippen molar-refractivity contribution in [3.8, 4) is 17.0 Å². The zero-order valence-electron chi connectivity index (χ0n) is 17.2. The predicted molar refractivity (Wildman–Crippen MR) is 114 cm³/mol. The Hall–Kier alpha value is -3.53. The molecule has 4 rings (SSSR count). The Morgan fingerprint density at radius 1 is 1.32 bits per heavy atom. The van der Waals surface area contributed by atoms with Crippen LogP contribution < -0.4 is 10.1 Å². The first-order chi connectivity index (χ1) is 15.0. The van der Waals surface area contributed by atoms with Crippen LogP contribution in [-0.4, -0.2) is 25.8 Å². The van der Waals surface area contributed by atoms with Crippen molar-refractivity contribution in [3.05, 3.63) is 64.4 Å². The lowest BCUT2D eigenvalue weighted by Gasteiger charge is -2.07. The molecule has 0 radical (unpaired) electrons. The number of thiazole rings is 1. The van der Waals surface area contributed by atoms with Gasteiger partial charge in [-0.25, -0.2) is 9.37 Å². The summed E-state index contributed by atoms with van der Waals surface area (Å²) in [6.07, 6.45) is 1.93. The lowest BCUT2D eigenvalue weighted by Crippen LogP contribution is -2.15. The number of aromatic nitrogens is 4. The summed E-state index contributed by atoms with van der Waals surface area (Å²) in [5, 5.41) is 13.3. The van der Waals surface area contributed by atoms with Crippen LogP contribution in [0.2, 0.25) is 0 Å². The SMILES string of the molecule is CCn1cc(-c2csc(NC(=O)c3noc(C)c3COc3ccccc3F)n2)c(C)n1. The maximum Gasteiger partial charge on any atom is 0.280 e. The topological polar surface area (TPSA) is 95.1 Å². The second-order valence-electron chi connectivity index (χ2n) is 6.76. The Labute approximate surface area is 181 Å². The van der Waals surface area contributed by atoms with Crippen molar-refractivity contribution >= 4 is 22.4 Å². The molecule has 0 spiro atoms. The highest BCUT2D eigenvalue weighted by Crippen LogP contribution is 2.28. The summed E-state index contributed by atoms with van der Waals surface area (Å²) in [6, 6.07) is 6.05. The molecule has 1 amide bonds. The first-order valence-electron chi connectivity index (χ1n) is 9.60. The molecule has 0 saturated carbocycles. The smallest absolute Gasteiger partial charge is 0.280 e. The molecule has 1 N–H and O–H groups in total. The number of anilines is 1. The molecule has 0 aliphatic heterocycles. The van der Waals surface area contributed by atoms with Crippen molar-refractivity contribution in [1.29, 1.82) is 0 Å². The van der Waals surface area contributed by atoms with Crippen molar-refractivity contribution in [2.45, 2.75) is 33.9 Å². The highest BCUT2D eigenvalue weighted by atomic mass is 32.1. The molecule has 10 heteroatoms. The van der Waals surface area contributed by atoms with Crippen molar-refractivity contribution < 1.29 is 18.4 Å². The highest BCUT2D eigenvalue weighted by Gasteiger charge is 2.22. The van der Waals surface area contributed by atoms with Crippen LogP contribution in [0, 0.1) is 19.7 Å². The number of para-hydroxylation sites is 1. The number of carbonyl (C=O) groups is 1. The lowest BCUT2D eigenvalue weighted by molar-refractivity contribution is 0.101. The molecule has 0 aliphatic rings. The molecule has 4 aromatic rings. The van der Waals surface area contributed by atoms with Crippen molar-refractivity contribution in [1.82, 2.24) is 19.9 Å². The average molecular weight is 441 g/mol. The van der Waals surface area contributed by atoms with Gasteiger partial charge >= 0.3 is 0 Å². The van der Waals surface area contributed by atoms with E-state index in [9.17, 15) is 9.18 Å². The van der Waals surface area contributed by atoms with Crippen molar-refractivity contribution in [2.24, 2.45) is 0 Å². The third kappa shape index (κ3) is 4.33. The number of hydrogen-bond donors (Lipinski definition) is 1. The van der Waals surface area contributed by atoms with Crippen LogP contribution in [0.1, 0.15) is 34.4 Å². The third-order valence-electron chi connectivity index (χ3n) is 4.68. The van der Waals surface area contributed by atoms with E-state index in [0.29, 0.717) is 16.5 Å². The molecule has 0 aliphatic carbocycles. The number of ether oxygens (including phenoxy) is 1. The largest absolute Gasteiger partial charge is 0.486 e. The average Bonchev–Trinajstić information content (AvgIpc) is 3.46. The number of hydrogen-bond acceptors (Lipinski definition) is 7. The van der Waals surface area contributed by atoms with E-state index in [-0.39, 0.29) is 18.1 Å². The van der Waals surface area contributed by atoms with Crippen LogP contribution >= 0.6 is 11.3 Å². The van der Waals surface area contributed by atoms with Gasteiger partial charge in [-0.1, -0.05) is 17.3 Å². The molecule has 0 fully saturated rings. The Morgan fingerprint density at radius 3 is 2.87 bits per heavy atom. The van der Waals surface area contributed by atoms with E-state index in [4.69, 9.17) is 9.26 Å². The summed E-state index contributed by atoms with van der Waals surface area (Å²) in [5.41, 5.74) is 3.02. The minimum absolute atomic E-state index is 0.0580.